The summed E-state index contributed by atoms with van der Waals surface area (Å²) >= 11 is 3.36. The van der Waals surface area contributed by atoms with Crippen molar-refractivity contribution in [2.24, 2.45) is 0 Å². The van der Waals surface area contributed by atoms with Gasteiger partial charge in [-0.1, -0.05) is 22.0 Å². The van der Waals surface area contributed by atoms with Crippen molar-refractivity contribution in [2.75, 3.05) is 24.9 Å². The Hall–Kier alpha value is -2.32. The number of ether oxygens (including phenoxy) is 2. The van der Waals surface area contributed by atoms with Gasteiger partial charge in [0.2, 0.25) is 0 Å². The molecule has 0 bridgehead atoms. The third kappa shape index (κ3) is 4.17. The number of anilines is 1. The average molecular weight is 452 g/mol. The molecule has 2 aromatic rings. The van der Waals surface area contributed by atoms with Crippen molar-refractivity contribution < 1.29 is 22.7 Å². The topological polar surface area (TPSA) is 72.9 Å². The molecule has 1 aliphatic rings. The fraction of sp³-hybridized carbons (Fsp3) is 0.211. The molecule has 0 aliphatic carbocycles. The van der Waals surface area contributed by atoms with E-state index < -0.39 is 15.9 Å². The first-order valence-electron chi connectivity index (χ1n) is 8.07. The van der Waals surface area contributed by atoms with Crippen LogP contribution in [0.25, 0.3) is 0 Å². The largest absolute Gasteiger partial charge is 0.497 e. The third-order valence-electron chi connectivity index (χ3n) is 4.18. The van der Waals surface area contributed by atoms with E-state index >= 15 is 0 Å². The normalized spacial score (nSPS) is 17.5. The van der Waals surface area contributed by atoms with Gasteiger partial charge < -0.3 is 9.47 Å². The van der Waals surface area contributed by atoms with Crippen LogP contribution >= 0.6 is 15.9 Å². The molecule has 27 heavy (non-hydrogen) atoms. The molecule has 1 atom stereocenters. The summed E-state index contributed by atoms with van der Waals surface area (Å²) in [6.07, 6.45) is 1.52. The standard InChI is InChI=1S/C19H18BrNO5S/c1-25-16-6-7-17(18(11-16)26-2)21(15-8-9-27(23,24)12-15)19(22)13-4-3-5-14(20)10-13/h3-11,15H,12H2,1-2H3/t15-/m0/s1. The second-order valence-corrected chi connectivity index (χ2v) is 8.80. The van der Waals surface area contributed by atoms with Crippen LogP contribution in [0.15, 0.2) is 58.4 Å². The molecular weight excluding hydrogens is 434 g/mol. The molecule has 1 amide bonds. The van der Waals surface area contributed by atoms with Crippen LogP contribution in [0.4, 0.5) is 5.69 Å². The van der Waals surface area contributed by atoms with Crippen LogP contribution in [0, 0.1) is 0 Å². The van der Waals surface area contributed by atoms with Crippen LogP contribution in [0.1, 0.15) is 10.4 Å². The van der Waals surface area contributed by atoms with Crippen molar-refractivity contribution in [3.05, 3.63) is 64.0 Å². The minimum absolute atomic E-state index is 0.179. The average Bonchev–Trinajstić information content (AvgIpc) is 3.01. The number of methoxy groups -OCH3 is 2. The number of nitrogens with zero attached hydrogens (tertiary/aromatic N) is 1. The Morgan fingerprint density at radius 2 is 1.93 bits per heavy atom. The van der Waals surface area contributed by atoms with Gasteiger partial charge in [-0.3, -0.25) is 9.69 Å². The van der Waals surface area contributed by atoms with Crippen LogP contribution in [0.3, 0.4) is 0 Å². The number of carbonyl (C=O) groups is 1. The van der Waals surface area contributed by atoms with Crippen molar-refractivity contribution in [2.45, 2.75) is 6.04 Å². The van der Waals surface area contributed by atoms with E-state index in [2.05, 4.69) is 15.9 Å². The lowest BCUT2D eigenvalue weighted by Crippen LogP contribution is -2.41. The number of rotatable bonds is 5. The molecule has 0 N–H and O–H groups in total. The summed E-state index contributed by atoms with van der Waals surface area (Å²) in [6, 6.07) is 11.4. The molecule has 0 saturated carbocycles. The lowest BCUT2D eigenvalue weighted by molar-refractivity contribution is 0.0982. The second-order valence-electron chi connectivity index (χ2n) is 5.95. The summed E-state index contributed by atoms with van der Waals surface area (Å²) in [5.41, 5.74) is 0.898. The van der Waals surface area contributed by atoms with Crippen LogP contribution in [0.5, 0.6) is 11.5 Å². The fourth-order valence-electron chi connectivity index (χ4n) is 2.90. The highest BCUT2D eigenvalue weighted by atomic mass is 79.9. The van der Waals surface area contributed by atoms with E-state index in [1.165, 1.54) is 25.2 Å². The Labute approximate surface area is 166 Å². The maximum Gasteiger partial charge on any atom is 0.259 e. The van der Waals surface area contributed by atoms with Gasteiger partial charge in [-0.2, -0.15) is 0 Å². The van der Waals surface area contributed by atoms with Gasteiger partial charge >= 0.3 is 0 Å². The summed E-state index contributed by atoms with van der Waals surface area (Å²) in [5.74, 6) is 0.476. The van der Waals surface area contributed by atoms with E-state index in [4.69, 9.17) is 9.47 Å². The van der Waals surface area contributed by atoms with Gasteiger partial charge in [0.15, 0.2) is 9.84 Å². The predicted molar refractivity (Wildman–Crippen MR) is 107 cm³/mol. The molecule has 1 heterocycles. The Balaban J connectivity index is 2.11. The monoisotopic (exact) mass is 451 g/mol. The highest BCUT2D eigenvalue weighted by Gasteiger charge is 2.33. The number of sulfone groups is 1. The smallest absolute Gasteiger partial charge is 0.259 e. The maximum absolute atomic E-state index is 13.3. The van der Waals surface area contributed by atoms with Gasteiger partial charge in [0.25, 0.3) is 5.91 Å². The van der Waals surface area contributed by atoms with Crippen LogP contribution in [-0.4, -0.2) is 40.3 Å². The highest BCUT2D eigenvalue weighted by Crippen LogP contribution is 2.36. The fourth-order valence-corrected chi connectivity index (χ4v) is 4.57. The zero-order valence-electron chi connectivity index (χ0n) is 14.8. The Morgan fingerprint density at radius 1 is 1.15 bits per heavy atom. The molecular formula is C19H18BrNO5S. The van der Waals surface area contributed by atoms with Gasteiger partial charge in [0, 0.05) is 21.5 Å². The van der Waals surface area contributed by atoms with Gasteiger partial charge in [0.1, 0.15) is 11.5 Å². The lowest BCUT2D eigenvalue weighted by atomic mass is 10.1. The first-order valence-corrected chi connectivity index (χ1v) is 10.6. The van der Waals surface area contributed by atoms with Crippen molar-refractivity contribution in [3.8, 4) is 11.5 Å². The molecule has 142 valence electrons. The molecule has 0 radical (unpaired) electrons. The minimum Gasteiger partial charge on any atom is -0.497 e. The summed E-state index contributed by atoms with van der Waals surface area (Å²) < 4.78 is 35.3. The summed E-state index contributed by atoms with van der Waals surface area (Å²) in [4.78, 5) is 14.8. The van der Waals surface area contributed by atoms with Gasteiger partial charge in [0.05, 0.1) is 31.7 Å². The van der Waals surface area contributed by atoms with Crippen molar-refractivity contribution in [3.63, 3.8) is 0 Å². The van der Waals surface area contributed by atoms with Crippen molar-refractivity contribution in [1.82, 2.24) is 0 Å². The molecule has 0 fully saturated rings. The maximum atomic E-state index is 13.3. The zero-order valence-corrected chi connectivity index (χ0v) is 17.2. The van der Waals surface area contributed by atoms with Crippen LogP contribution in [-0.2, 0) is 9.84 Å². The molecule has 2 aromatic carbocycles. The Bertz CT molecular complexity index is 1000. The molecule has 0 spiro atoms. The number of amides is 1. The van der Waals surface area contributed by atoms with E-state index in [9.17, 15) is 13.2 Å². The van der Waals surface area contributed by atoms with E-state index in [-0.39, 0.29) is 11.7 Å². The number of hydrogen-bond donors (Lipinski definition) is 0. The molecule has 0 unspecified atom stereocenters. The van der Waals surface area contributed by atoms with Crippen LogP contribution < -0.4 is 14.4 Å². The highest BCUT2D eigenvalue weighted by molar-refractivity contribution is 9.10. The quantitative estimate of drug-likeness (QED) is 0.695. The summed E-state index contributed by atoms with van der Waals surface area (Å²) in [6.45, 7) is 0. The summed E-state index contributed by atoms with van der Waals surface area (Å²) in [5, 5.41) is 1.15. The summed E-state index contributed by atoms with van der Waals surface area (Å²) in [7, 11) is -0.334. The molecule has 3 rings (SSSR count). The van der Waals surface area contributed by atoms with E-state index in [1.807, 2.05) is 6.07 Å². The second kappa shape index (κ2) is 7.74. The van der Waals surface area contributed by atoms with Gasteiger partial charge in [-0.25, -0.2) is 8.42 Å². The van der Waals surface area contributed by atoms with E-state index in [0.29, 0.717) is 22.7 Å². The van der Waals surface area contributed by atoms with E-state index in [1.54, 1.807) is 36.4 Å². The molecule has 8 heteroatoms. The molecule has 0 saturated heterocycles. The lowest BCUT2D eigenvalue weighted by Gasteiger charge is -2.29. The first-order chi connectivity index (χ1) is 12.8. The van der Waals surface area contributed by atoms with Gasteiger partial charge in [-0.05, 0) is 36.4 Å². The number of halogens is 1. The minimum atomic E-state index is -3.35. The predicted octanol–water partition coefficient (Wildman–Crippen LogP) is 3.42. The Kier molecular flexibility index (Phi) is 5.57. The van der Waals surface area contributed by atoms with Crippen LogP contribution in [0.2, 0.25) is 0 Å². The molecule has 0 aromatic heterocycles. The number of carbonyl (C=O) groups excluding carboxylic acids is 1. The molecule has 6 nitrogen and oxygen atoms in total. The number of benzene rings is 2. The van der Waals surface area contributed by atoms with Crippen molar-refractivity contribution in [1.29, 1.82) is 0 Å². The zero-order chi connectivity index (χ0) is 19.6. The number of hydrogen-bond acceptors (Lipinski definition) is 5. The SMILES string of the molecule is COc1ccc(N(C(=O)c2cccc(Br)c2)[C@H]2C=CS(=O)(=O)C2)c(OC)c1. The van der Waals surface area contributed by atoms with Gasteiger partial charge in [-0.15, -0.1) is 0 Å². The Morgan fingerprint density at radius 3 is 2.52 bits per heavy atom. The van der Waals surface area contributed by atoms with E-state index in [0.717, 1.165) is 9.88 Å². The third-order valence-corrected chi connectivity index (χ3v) is 6.05. The molecule has 1 aliphatic heterocycles. The van der Waals surface area contributed by atoms with Crippen molar-refractivity contribution >= 4 is 37.4 Å². The first kappa shape index (κ1) is 19.4.